The van der Waals surface area contributed by atoms with Crippen LogP contribution in [0.15, 0.2) is 48.5 Å². The molecule has 0 radical (unpaired) electrons. The molecule has 0 saturated heterocycles. The highest BCUT2D eigenvalue weighted by molar-refractivity contribution is 5.70. The van der Waals surface area contributed by atoms with Gasteiger partial charge in [0, 0.05) is 0 Å². The third kappa shape index (κ3) is 5.59. The van der Waals surface area contributed by atoms with E-state index in [4.69, 9.17) is 9.47 Å². The first-order valence-electron chi connectivity index (χ1n) is 11.8. The quantitative estimate of drug-likeness (QED) is 0.423. The van der Waals surface area contributed by atoms with Crippen molar-refractivity contribution in [2.24, 2.45) is 11.8 Å². The van der Waals surface area contributed by atoms with E-state index in [1.165, 1.54) is 37.1 Å². The summed E-state index contributed by atoms with van der Waals surface area (Å²) < 4.78 is 24.5. The van der Waals surface area contributed by atoms with Crippen LogP contribution in [-0.4, -0.2) is 20.2 Å². The average Bonchev–Trinajstić information content (AvgIpc) is 3.67. The predicted octanol–water partition coefficient (Wildman–Crippen LogP) is 6.88. The van der Waals surface area contributed by atoms with E-state index in [0.29, 0.717) is 18.3 Å². The molecule has 2 fully saturated rings. The first kappa shape index (κ1) is 22.6. The molecule has 0 N–H and O–H groups in total. The maximum Gasteiger partial charge on any atom is 0.306 e. The molecule has 0 aromatic heterocycles. The summed E-state index contributed by atoms with van der Waals surface area (Å²) in [5.74, 6) is 2.09. The number of halogens is 1. The molecule has 0 amide bonds. The van der Waals surface area contributed by atoms with Gasteiger partial charge >= 0.3 is 5.97 Å². The van der Waals surface area contributed by atoms with Gasteiger partial charge in [0.1, 0.15) is 11.6 Å². The van der Waals surface area contributed by atoms with Gasteiger partial charge in [-0.3, -0.25) is 4.79 Å². The van der Waals surface area contributed by atoms with Crippen LogP contribution < -0.4 is 4.74 Å². The number of hydrogen-bond acceptors (Lipinski definition) is 3. The number of rotatable bonds is 8. The molecule has 4 heteroatoms. The summed E-state index contributed by atoms with van der Waals surface area (Å²) in [6.45, 7) is 0. The van der Waals surface area contributed by atoms with E-state index in [1.807, 2.05) is 6.07 Å². The first-order valence-corrected chi connectivity index (χ1v) is 11.8. The summed E-state index contributed by atoms with van der Waals surface area (Å²) in [6.07, 6.45) is 11.5. The van der Waals surface area contributed by atoms with E-state index < -0.39 is 0 Å². The van der Waals surface area contributed by atoms with Crippen LogP contribution in [0.25, 0.3) is 6.08 Å². The molecule has 4 rings (SSSR count). The summed E-state index contributed by atoms with van der Waals surface area (Å²) in [5, 5.41) is 0. The number of methoxy groups -OCH3 is 2. The van der Waals surface area contributed by atoms with Crippen LogP contribution >= 0.6 is 0 Å². The highest BCUT2D eigenvalue weighted by Crippen LogP contribution is 2.45. The topological polar surface area (TPSA) is 35.5 Å². The van der Waals surface area contributed by atoms with E-state index in [0.717, 1.165) is 37.0 Å². The van der Waals surface area contributed by atoms with Gasteiger partial charge < -0.3 is 9.47 Å². The molecule has 0 bridgehead atoms. The van der Waals surface area contributed by atoms with Gasteiger partial charge in [0.15, 0.2) is 0 Å². The molecular formula is C28H33FO3. The van der Waals surface area contributed by atoms with Gasteiger partial charge in [0.05, 0.1) is 20.6 Å². The van der Waals surface area contributed by atoms with Crippen LogP contribution in [0.2, 0.25) is 0 Å². The van der Waals surface area contributed by atoms with Gasteiger partial charge in [-0.25, -0.2) is 4.39 Å². The van der Waals surface area contributed by atoms with Crippen molar-refractivity contribution in [3.8, 4) is 5.75 Å². The summed E-state index contributed by atoms with van der Waals surface area (Å²) >= 11 is 0. The summed E-state index contributed by atoms with van der Waals surface area (Å²) in [5.41, 5.74) is 3.20. The largest absolute Gasteiger partial charge is 0.497 e. The standard InChI is InChI=1S/C28H33FO3/c1-31-24-14-15-27(29)26(17-24)22-10-8-19(9-11-22)6-7-20-4-3-5-23(16-20)25(21-12-13-21)18-28(30)32-2/h3-7,14-17,19,21-22,25H,8-13,18H2,1-2H3/b7-6+/t19-,22-,25?. The molecule has 0 aliphatic heterocycles. The molecule has 0 heterocycles. The van der Waals surface area contributed by atoms with Crippen molar-refractivity contribution in [2.75, 3.05) is 14.2 Å². The number of hydrogen-bond donors (Lipinski definition) is 0. The van der Waals surface area contributed by atoms with Crippen molar-refractivity contribution >= 4 is 12.0 Å². The Labute approximate surface area is 190 Å². The summed E-state index contributed by atoms with van der Waals surface area (Å²) in [4.78, 5) is 11.9. The minimum absolute atomic E-state index is 0.126. The van der Waals surface area contributed by atoms with Gasteiger partial charge in [-0.2, -0.15) is 0 Å². The van der Waals surface area contributed by atoms with Gasteiger partial charge in [-0.15, -0.1) is 0 Å². The zero-order chi connectivity index (χ0) is 22.5. The smallest absolute Gasteiger partial charge is 0.306 e. The molecule has 2 aliphatic carbocycles. The number of carbonyl (C=O) groups excluding carboxylic acids is 1. The lowest BCUT2D eigenvalue weighted by atomic mass is 9.78. The van der Waals surface area contributed by atoms with Crippen LogP contribution in [0, 0.1) is 17.7 Å². The van der Waals surface area contributed by atoms with Gasteiger partial charge in [0.2, 0.25) is 0 Å². The molecule has 32 heavy (non-hydrogen) atoms. The molecular weight excluding hydrogens is 403 g/mol. The molecule has 2 aromatic rings. The first-order chi connectivity index (χ1) is 15.6. The maximum absolute atomic E-state index is 14.3. The normalized spacial score (nSPS) is 22.0. The second-order valence-corrected chi connectivity index (χ2v) is 9.25. The lowest BCUT2D eigenvalue weighted by Crippen LogP contribution is -2.13. The molecule has 2 aromatic carbocycles. The van der Waals surface area contributed by atoms with Crippen molar-refractivity contribution in [1.82, 2.24) is 0 Å². The molecule has 170 valence electrons. The Hall–Kier alpha value is -2.62. The maximum atomic E-state index is 14.3. The number of ether oxygens (including phenoxy) is 2. The summed E-state index contributed by atoms with van der Waals surface area (Å²) in [7, 11) is 3.08. The van der Waals surface area contributed by atoms with Crippen molar-refractivity contribution in [1.29, 1.82) is 0 Å². The molecule has 2 saturated carbocycles. The molecule has 0 spiro atoms. The average molecular weight is 437 g/mol. The predicted molar refractivity (Wildman–Crippen MR) is 125 cm³/mol. The zero-order valence-corrected chi connectivity index (χ0v) is 19.1. The fraction of sp³-hybridized carbons (Fsp3) is 0.464. The van der Waals surface area contributed by atoms with E-state index in [-0.39, 0.29) is 23.6 Å². The lowest BCUT2D eigenvalue weighted by Gasteiger charge is -2.27. The molecule has 1 unspecified atom stereocenters. The fourth-order valence-electron chi connectivity index (χ4n) is 5.04. The minimum Gasteiger partial charge on any atom is -0.497 e. The Kier molecular flexibility index (Phi) is 7.29. The Morgan fingerprint density at radius 2 is 1.84 bits per heavy atom. The van der Waals surface area contributed by atoms with E-state index in [9.17, 15) is 9.18 Å². The van der Waals surface area contributed by atoms with E-state index >= 15 is 0 Å². The van der Waals surface area contributed by atoms with E-state index in [1.54, 1.807) is 13.2 Å². The molecule has 2 aliphatic rings. The van der Waals surface area contributed by atoms with E-state index in [2.05, 4.69) is 36.4 Å². The fourth-order valence-corrected chi connectivity index (χ4v) is 5.04. The van der Waals surface area contributed by atoms with Gasteiger partial charge in [0.25, 0.3) is 0 Å². The van der Waals surface area contributed by atoms with Crippen LogP contribution in [0.1, 0.15) is 73.5 Å². The number of allylic oxidation sites excluding steroid dienone is 1. The number of carbonyl (C=O) groups is 1. The minimum atomic E-state index is -0.132. The van der Waals surface area contributed by atoms with Gasteiger partial charge in [-0.1, -0.05) is 36.4 Å². The monoisotopic (exact) mass is 436 g/mol. The summed E-state index contributed by atoms with van der Waals surface area (Å²) in [6, 6.07) is 13.6. The number of benzene rings is 2. The SMILES string of the molecule is COC(=O)CC(c1cccc(/C=C/[C@H]2CC[C@H](c3cc(OC)ccc3F)CC2)c1)C1CC1. The Balaban J connectivity index is 1.37. The highest BCUT2D eigenvalue weighted by atomic mass is 19.1. The Bertz CT molecular complexity index is 955. The van der Waals surface area contributed by atoms with Crippen LogP contribution in [-0.2, 0) is 9.53 Å². The second-order valence-electron chi connectivity index (χ2n) is 9.25. The van der Waals surface area contributed by atoms with Crippen molar-refractivity contribution in [2.45, 2.75) is 56.8 Å². The molecule has 3 nitrogen and oxygen atoms in total. The highest BCUT2D eigenvalue weighted by Gasteiger charge is 2.34. The third-order valence-electron chi connectivity index (χ3n) is 7.12. The number of esters is 1. The van der Waals surface area contributed by atoms with Crippen LogP contribution in [0.4, 0.5) is 4.39 Å². The third-order valence-corrected chi connectivity index (χ3v) is 7.12. The lowest BCUT2D eigenvalue weighted by molar-refractivity contribution is -0.141. The Morgan fingerprint density at radius 1 is 1.06 bits per heavy atom. The Morgan fingerprint density at radius 3 is 2.53 bits per heavy atom. The van der Waals surface area contributed by atoms with Crippen LogP contribution in [0.3, 0.4) is 0 Å². The van der Waals surface area contributed by atoms with Crippen LogP contribution in [0.5, 0.6) is 5.75 Å². The van der Waals surface area contributed by atoms with Crippen molar-refractivity contribution < 1.29 is 18.7 Å². The van der Waals surface area contributed by atoms with Crippen molar-refractivity contribution in [3.05, 3.63) is 71.0 Å². The second kappa shape index (κ2) is 10.3. The zero-order valence-electron chi connectivity index (χ0n) is 19.1. The van der Waals surface area contributed by atoms with Gasteiger partial charge in [-0.05, 0) is 97.1 Å². The van der Waals surface area contributed by atoms with Crippen molar-refractivity contribution in [3.63, 3.8) is 0 Å². The molecule has 1 atom stereocenters.